The lowest BCUT2D eigenvalue weighted by atomic mass is 9.77. The van der Waals surface area contributed by atoms with Gasteiger partial charge < -0.3 is 0 Å². The molecule has 16 heavy (non-hydrogen) atoms. The first-order valence-corrected chi connectivity index (χ1v) is 9.10. The molecule has 0 saturated heterocycles. The Hall–Kier alpha value is 0.430. The lowest BCUT2D eigenvalue weighted by molar-refractivity contribution is 0.255. The van der Waals surface area contributed by atoms with Crippen LogP contribution < -0.4 is 0 Å². The van der Waals surface area contributed by atoms with Gasteiger partial charge in [0.15, 0.2) is 9.84 Å². The van der Waals surface area contributed by atoms with Crippen LogP contribution in [0, 0.1) is 11.3 Å². The lowest BCUT2D eigenvalue weighted by Gasteiger charge is -2.35. The quantitative estimate of drug-likeness (QED) is 0.729. The van der Waals surface area contributed by atoms with E-state index in [0.29, 0.717) is 11.5 Å². The molecule has 1 saturated carbocycles. The monoisotopic (exact) mass is 310 g/mol. The Bertz CT molecular complexity index is 303. The lowest BCUT2D eigenvalue weighted by Crippen LogP contribution is -2.35. The molecule has 2 nitrogen and oxygen atoms in total. The summed E-state index contributed by atoms with van der Waals surface area (Å²) < 4.78 is 24.1. The number of hydrogen-bond donors (Lipinski definition) is 0. The molecule has 0 aromatic carbocycles. The number of hydrogen-bond acceptors (Lipinski definition) is 2. The summed E-state index contributed by atoms with van der Waals surface area (Å²) in [5.74, 6) is 0.950. The van der Waals surface area contributed by atoms with Crippen LogP contribution in [0.5, 0.6) is 0 Å². The van der Waals surface area contributed by atoms with E-state index in [-0.39, 0.29) is 11.3 Å². The molecule has 0 spiro atoms. The predicted octanol–water partition coefficient (Wildman–Crippen LogP) is 3.40. The molecule has 0 atom stereocenters. The molecule has 0 aliphatic heterocycles. The smallest absolute Gasteiger partial charge is 0.151 e. The Morgan fingerprint density at radius 2 is 1.75 bits per heavy atom. The molecule has 1 aliphatic rings. The van der Waals surface area contributed by atoms with Crippen molar-refractivity contribution in [3.05, 3.63) is 0 Å². The van der Waals surface area contributed by atoms with Crippen LogP contribution in [0.1, 0.15) is 46.0 Å². The zero-order valence-electron chi connectivity index (χ0n) is 10.3. The Morgan fingerprint density at radius 3 is 2.19 bits per heavy atom. The van der Waals surface area contributed by atoms with Crippen molar-refractivity contribution in [1.29, 1.82) is 0 Å². The van der Waals surface area contributed by atoms with E-state index in [2.05, 4.69) is 15.9 Å². The highest BCUT2D eigenvalue weighted by molar-refractivity contribution is 9.09. The van der Waals surface area contributed by atoms with Gasteiger partial charge in [-0.25, -0.2) is 8.42 Å². The normalized spacial score (nSPS) is 21.2. The third-order valence-electron chi connectivity index (χ3n) is 3.31. The third kappa shape index (κ3) is 4.36. The average Bonchev–Trinajstić information content (AvgIpc) is 2.16. The maximum atomic E-state index is 12.1. The van der Waals surface area contributed by atoms with Crippen LogP contribution >= 0.6 is 15.9 Å². The summed E-state index contributed by atoms with van der Waals surface area (Å²) in [4.78, 5) is 0. The highest BCUT2D eigenvalue weighted by Crippen LogP contribution is 2.39. The fourth-order valence-corrected chi connectivity index (χ4v) is 6.13. The molecule has 0 N–H and O–H groups in total. The minimum absolute atomic E-state index is 0.0198. The molecular formula is C12H23BrO2S. The van der Waals surface area contributed by atoms with Crippen LogP contribution in [0.4, 0.5) is 0 Å². The first-order valence-electron chi connectivity index (χ1n) is 6.16. The first kappa shape index (κ1) is 14.5. The van der Waals surface area contributed by atoms with Crippen molar-refractivity contribution in [2.24, 2.45) is 11.3 Å². The molecule has 0 unspecified atom stereocenters. The molecule has 0 amide bonds. The van der Waals surface area contributed by atoms with Crippen LogP contribution in [-0.2, 0) is 9.84 Å². The molecule has 1 aliphatic carbocycles. The van der Waals surface area contributed by atoms with Gasteiger partial charge in [-0.2, -0.15) is 0 Å². The van der Waals surface area contributed by atoms with E-state index >= 15 is 0 Å². The summed E-state index contributed by atoms with van der Waals surface area (Å²) in [6.07, 6.45) is 5.76. The van der Waals surface area contributed by atoms with Gasteiger partial charge in [0.2, 0.25) is 0 Å². The van der Waals surface area contributed by atoms with E-state index in [9.17, 15) is 8.42 Å². The minimum atomic E-state index is -2.88. The van der Waals surface area contributed by atoms with E-state index in [1.165, 1.54) is 19.3 Å². The van der Waals surface area contributed by atoms with Crippen molar-refractivity contribution < 1.29 is 8.42 Å². The molecule has 4 heteroatoms. The van der Waals surface area contributed by atoms with Crippen molar-refractivity contribution in [1.82, 2.24) is 0 Å². The minimum Gasteiger partial charge on any atom is -0.229 e. The van der Waals surface area contributed by atoms with E-state index < -0.39 is 9.84 Å². The van der Waals surface area contributed by atoms with Crippen molar-refractivity contribution in [2.75, 3.05) is 16.8 Å². The number of halogens is 1. The fourth-order valence-electron chi connectivity index (χ4n) is 2.65. The molecule has 1 fully saturated rings. The Balaban J connectivity index is 2.68. The molecule has 0 bridgehead atoms. The van der Waals surface area contributed by atoms with Gasteiger partial charge in [0.1, 0.15) is 0 Å². The molecule has 0 heterocycles. The molecule has 0 radical (unpaired) electrons. The standard InChI is InChI=1S/C12H23BrO2S/c1-11(2)8-16(14,15)10-12(9-13)6-4-3-5-7-12/h11H,3-10H2,1-2H3. The van der Waals surface area contributed by atoms with Gasteiger partial charge in [0.25, 0.3) is 0 Å². The van der Waals surface area contributed by atoms with Crippen LogP contribution in [0.2, 0.25) is 0 Å². The van der Waals surface area contributed by atoms with Crippen LogP contribution in [0.3, 0.4) is 0 Å². The van der Waals surface area contributed by atoms with Crippen molar-refractivity contribution >= 4 is 25.8 Å². The molecule has 1 rings (SSSR count). The van der Waals surface area contributed by atoms with E-state index in [1.54, 1.807) is 0 Å². The van der Waals surface area contributed by atoms with Crippen molar-refractivity contribution in [3.63, 3.8) is 0 Å². The average molecular weight is 311 g/mol. The maximum absolute atomic E-state index is 12.1. The molecular weight excluding hydrogens is 288 g/mol. The first-order chi connectivity index (χ1) is 7.39. The number of rotatable bonds is 5. The summed E-state index contributed by atoms with van der Waals surface area (Å²) in [5.41, 5.74) is 0.0198. The summed E-state index contributed by atoms with van der Waals surface area (Å²) in [6.45, 7) is 3.94. The topological polar surface area (TPSA) is 34.1 Å². The number of alkyl halides is 1. The summed E-state index contributed by atoms with van der Waals surface area (Å²) in [6, 6.07) is 0. The number of sulfone groups is 1. The summed E-state index contributed by atoms with van der Waals surface area (Å²) >= 11 is 3.52. The van der Waals surface area contributed by atoms with Crippen LogP contribution in [0.25, 0.3) is 0 Å². The van der Waals surface area contributed by atoms with E-state index in [0.717, 1.165) is 18.2 Å². The van der Waals surface area contributed by atoms with Crippen molar-refractivity contribution in [3.8, 4) is 0 Å². The third-order valence-corrected chi connectivity index (χ3v) is 6.73. The Labute approximate surface area is 108 Å². The van der Waals surface area contributed by atoms with Crippen LogP contribution in [-0.4, -0.2) is 25.3 Å². The van der Waals surface area contributed by atoms with Gasteiger partial charge in [-0.05, 0) is 24.2 Å². The molecule has 96 valence electrons. The molecule has 0 aromatic heterocycles. The SMILES string of the molecule is CC(C)CS(=O)(=O)CC1(CBr)CCCCC1. The predicted molar refractivity (Wildman–Crippen MR) is 72.8 cm³/mol. The van der Waals surface area contributed by atoms with Gasteiger partial charge in [0.05, 0.1) is 11.5 Å². The summed E-state index contributed by atoms with van der Waals surface area (Å²) in [7, 11) is -2.88. The van der Waals surface area contributed by atoms with Gasteiger partial charge in [0, 0.05) is 5.33 Å². The van der Waals surface area contributed by atoms with Gasteiger partial charge in [-0.1, -0.05) is 49.0 Å². The second-order valence-electron chi connectivity index (χ2n) is 5.64. The van der Waals surface area contributed by atoms with E-state index in [4.69, 9.17) is 0 Å². The Morgan fingerprint density at radius 1 is 1.19 bits per heavy atom. The van der Waals surface area contributed by atoms with Gasteiger partial charge >= 0.3 is 0 Å². The zero-order valence-corrected chi connectivity index (χ0v) is 12.7. The fraction of sp³-hybridized carbons (Fsp3) is 1.00. The maximum Gasteiger partial charge on any atom is 0.151 e. The highest BCUT2D eigenvalue weighted by Gasteiger charge is 2.35. The second kappa shape index (κ2) is 5.85. The van der Waals surface area contributed by atoms with Gasteiger partial charge in [-0.15, -0.1) is 0 Å². The zero-order chi connectivity index (χ0) is 12.2. The van der Waals surface area contributed by atoms with Crippen LogP contribution in [0.15, 0.2) is 0 Å². The highest BCUT2D eigenvalue weighted by atomic mass is 79.9. The van der Waals surface area contributed by atoms with E-state index in [1.807, 2.05) is 13.8 Å². The largest absolute Gasteiger partial charge is 0.229 e. The van der Waals surface area contributed by atoms with Crippen molar-refractivity contribution in [2.45, 2.75) is 46.0 Å². The second-order valence-corrected chi connectivity index (χ2v) is 8.31. The molecule has 0 aromatic rings. The Kier molecular flexibility index (Phi) is 5.30. The summed E-state index contributed by atoms with van der Waals surface area (Å²) in [5, 5.41) is 0.831. The van der Waals surface area contributed by atoms with Gasteiger partial charge in [-0.3, -0.25) is 0 Å².